The lowest BCUT2D eigenvalue weighted by Crippen LogP contribution is -2.46. The van der Waals surface area contributed by atoms with Crippen molar-refractivity contribution >= 4 is 105 Å². The Labute approximate surface area is 538 Å². The van der Waals surface area contributed by atoms with E-state index in [9.17, 15) is 37.5 Å². The lowest BCUT2D eigenvalue weighted by atomic mass is 10.0. The fourth-order valence-electron chi connectivity index (χ4n) is 12.1. The molecule has 4 atom stereocenters. The summed E-state index contributed by atoms with van der Waals surface area (Å²) in [6.45, 7) is 4.17. The first-order chi connectivity index (χ1) is 41.9. The maximum atomic E-state index is 14.5. The van der Waals surface area contributed by atoms with Gasteiger partial charge in [0.05, 0.1) is 36.1 Å². The molecule has 2 unspecified atom stereocenters. The predicted molar refractivity (Wildman–Crippen MR) is 352 cm³/mol. The monoisotopic (exact) mass is 1290 g/mol. The number of carbonyl (C=O) groups is 6. The molecule has 0 saturated carbocycles. The number of likely N-dealkylation sites (tertiary alicyclic amines) is 1. The predicted octanol–water partition coefficient (Wildman–Crippen LogP) is 9.41. The molecule has 2 aliphatic heterocycles. The molecular weight excluding hydrogens is 1210 g/mol. The number of nitrogens with two attached hydrogens (primary N) is 2. The third-order valence-corrected chi connectivity index (χ3v) is 16.5. The SMILES string of the molecule is Cc1cccc(CC(=O)[C@@H]2CCC(F)CCN2)n1.Cc1cccc(CC(=O)[C@@H]2CCC(F)CCN2C(=O)Cn2cc(C(N)=O)c3cc(-c4cnc5c(c4)CCC5)ccc32)n1.Cl.NC(=O)c1cn(CC(=O)O)c2ccc(-c3cnc4c(c3)CCC4)cc12.S.S=S. The van der Waals surface area contributed by atoms with Gasteiger partial charge in [0, 0.05) is 121 Å². The normalized spacial score (nSPS) is 17.5. The Hall–Kier alpha value is -7.76. The minimum absolute atomic E-state index is 0. The van der Waals surface area contributed by atoms with Crippen molar-refractivity contribution < 1.29 is 42.7 Å². The third kappa shape index (κ3) is 17.1. The molecule has 12 rings (SSSR count). The summed E-state index contributed by atoms with van der Waals surface area (Å²) in [6, 6.07) is 25.9. The van der Waals surface area contributed by atoms with E-state index in [1.54, 1.807) is 16.8 Å². The van der Waals surface area contributed by atoms with Crippen LogP contribution >= 0.6 is 25.9 Å². The maximum Gasteiger partial charge on any atom is 0.323 e. The average molecular weight is 1290 g/mol. The van der Waals surface area contributed by atoms with Gasteiger partial charge in [-0.3, -0.25) is 48.7 Å². The molecule has 8 heterocycles. The Morgan fingerprint density at radius 1 is 0.618 bits per heavy atom. The van der Waals surface area contributed by atoms with Crippen molar-refractivity contribution in [2.24, 2.45) is 11.5 Å². The zero-order valence-corrected chi connectivity index (χ0v) is 53.0. The van der Waals surface area contributed by atoms with E-state index in [0.717, 1.165) is 89.2 Å². The first-order valence-corrected chi connectivity index (χ1v) is 30.7. The van der Waals surface area contributed by atoms with Gasteiger partial charge in [0.2, 0.25) is 5.91 Å². The summed E-state index contributed by atoms with van der Waals surface area (Å²) in [5.74, 6) is -2.48. The van der Waals surface area contributed by atoms with Crippen LogP contribution < -0.4 is 16.8 Å². The van der Waals surface area contributed by atoms with Crippen LogP contribution in [-0.4, -0.2) is 112 Å². The van der Waals surface area contributed by atoms with Gasteiger partial charge < -0.3 is 35.9 Å². The number of carboxylic acid groups (broad SMARTS) is 1. The van der Waals surface area contributed by atoms with E-state index >= 15 is 0 Å². The summed E-state index contributed by atoms with van der Waals surface area (Å²) < 4.78 is 30.9. The number of hydrogen-bond acceptors (Lipinski definition) is 13. The number of fused-ring (bicyclic) bond motifs is 4. The summed E-state index contributed by atoms with van der Waals surface area (Å²) >= 11 is 7.33. The number of benzene rings is 2. The van der Waals surface area contributed by atoms with Crippen molar-refractivity contribution in [3.63, 3.8) is 0 Å². The first-order valence-electron chi connectivity index (χ1n) is 29.4. The van der Waals surface area contributed by atoms with Gasteiger partial charge >= 0.3 is 5.97 Å². The van der Waals surface area contributed by atoms with Crippen LogP contribution in [0.1, 0.15) is 117 Å². The number of rotatable bonds is 14. The Balaban J connectivity index is 0.000000204. The Bertz CT molecular complexity index is 3900. The molecule has 6 aromatic heterocycles. The number of nitrogens with zero attached hydrogens (tertiary/aromatic N) is 7. The molecule has 0 radical (unpaired) electrons. The highest BCUT2D eigenvalue weighted by molar-refractivity contribution is 8.07. The molecule has 2 aromatic carbocycles. The van der Waals surface area contributed by atoms with Gasteiger partial charge in [-0.05, 0) is 180 Å². The van der Waals surface area contributed by atoms with Crippen molar-refractivity contribution in [3.05, 3.63) is 166 Å². The number of halogens is 3. The molecule has 23 heteroatoms. The van der Waals surface area contributed by atoms with Crippen LogP contribution in [-0.2, 0) is 93.2 Å². The van der Waals surface area contributed by atoms with Crippen LogP contribution in [0.5, 0.6) is 0 Å². The van der Waals surface area contributed by atoms with Crippen molar-refractivity contribution in [1.29, 1.82) is 0 Å². The van der Waals surface area contributed by atoms with E-state index in [1.165, 1.54) is 26.8 Å². The molecule has 17 nitrogen and oxygen atoms in total. The number of ketones is 2. The molecule has 4 aliphatic rings. The van der Waals surface area contributed by atoms with Crippen LogP contribution in [0.4, 0.5) is 8.78 Å². The van der Waals surface area contributed by atoms with Gasteiger partial charge in [0.25, 0.3) is 11.8 Å². The second kappa shape index (κ2) is 31.6. The number of aromatic nitrogens is 6. The van der Waals surface area contributed by atoms with Crippen LogP contribution in [0.15, 0.2) is 110 Å². The second-order valence-electron chi connectivity index (χ2n) is 22.7. The molecule has 468 valence electrons. The number of carbonyl (C=O) groups excluding carboxylic acids is 5. The standard InChI is InChI=1S/C33H34FN5O3.C19H17N3O3.C14H19FN2O.ClH.S2.H2S/c1-20-4-2-6-25(37-20)16-31(40)30-11-9-24(34)12-13-39(30)32(41)19-38-18-27(33(35)42)26-15-21(8-10-29(26)38)23-14-22-5-3-7-28(22)36-17-23;20-19(25)15-9-22(10-18(23)24)17-5-4-11(7-14(15)17)13-6-12-2-1-3-16(12)21-8-13;1-10-3-2-4-12(17-10)9-14(18)13-6-5-11(15)7-8-16-13;;1-2;/h2,4,6,8,10,14-15,17-18,24,30H,3,5,7,9,11-13,16,19H2,1H3,(H2,35,42);4-9H,1-3,10H2,(H2,20,25)(H,23,24);2-4,11,13,16H,5-9H2,1H3;1H;;1H2/t24?,30-;;11?,13-;;;/m0.0.../s1. The number of carboxylic acids is 1. The fourth-order valence-corrected chi connectivity index (χ4v) is 12.1. The summed E-state index contributed by atoms with van der Waals surface area (Å²) in [7, 11) is 0. The van der Waals surface area contributed by atoms with E-state index < -0.39 is 36.2 Å². The molecule has 0 spiro atoms. The molecular formula is C66H73ClF2N10O7S3. The van der Waals surface area contributed by atoms with E-state index in [-0.39, 0.29) is 94.7 Å². The number of hydrogen-bond donors (Lipinski definition) is 4. The minimum Gasteiger partial charge on any atom is -0.480 e. The topological polar surface area (TPSA) is 251 Å². The molecule has 8 aromatic rings. The lowest BCUT2D eigenvalue weighted by Gasteiger charge is -2.29. The summed E-state index contributed by atoms with van der Waals surface area (Å²) in [5.41, 5.74) is 25.0. The summed E-state index contributed by atoms with van der Waals surface area (Å²) in [6.07, 6.45) is 13.9. The van der Waals surface area contributed by atoms with Gasteiger partial charge in [-0.25, -0.2) is 8.78 Å². The summed E-state index contributed by atoms with van der Waals surface area (Å²) in [4.78, 5) is 94.0. The number of pyridine rings is 4. The lowest BCUT2D eigenvalue weighted by molar-refractivity contribution is -0.139. The molecule has 89 heavy (non-hydrogen) atoms. The van der Waals surface area contributed by atoms with Crippen molar-refractivity contribution in [1.82, 2.24) is 39.3 Å². The Kier molecular flexibility index (Phi) is 24.4. The fraction of sp³-hybridized carbons (Fsp3) is 0.364. The number of aliphatic carboxylic acids is 1. The van der Waals surface area contributed by atoms with Gasteiger partial charge in [-0.1, -0.05) is 24.3 Å². The molecule has 6 N–H and O–H groups in total. The minimum atomic E-state index is -1.07. The average Bonchev–Trinajstić information content (AvgIpc) is 1.74. The van der Waals surface area contributed by atoms with E-state index in [4.69, 9.17) is 16.6 Å². The largest absolute Gasteiger partial charge is 0.480 e. The first kappa shape index (κ1) is 68.7. The van der Waals surface area contributed by atoms with Gasteiger partial charge in [-0.15, -0.1) is 12.4 Å². The Morgan fingerprint density at radius 3 is 1.62 bits per heavy atom. The number of amides is 3. The highest BCUT2D eigenvalue weighted by Gasteiger charge is 2.34. The Morgan fingerprint density at radius 2 is 1.11 bits per heavy atom. The molecule has 3 amide bonds. The van der Waals surface area contributed by atoms with E-state index in [1.807, 2.05) is 93.0 Å². The zero-order valence-electron chi connectivity index (χ0n) is 49.6. The van der Waals surface area contributed by atoms with E-state index in [0.29, 0.717) is 70.9 Å². The molecule has 2 aliphatic carbocycles. The zero-order chi connectivity index (χ0) is 61.9. The number of primary amides is 2. The smallest absolute Gasteiger partial charge is 0.323 e. The second-order valence-corrected chi connectivity index (χ2v) is 22.7. The number of Topliss-reactive ketones (excluding diaryl/α,β-unsaturated/α-hetero) is 2. The van der Waals surface area contributed by atoms with Crippen LogP contribution in [0.2, 0.25) is 0 Å². The number of alkyl halides is 2. The van der Waals surface area contributed by atoms with Crippen molar-refractivity contribution in [2.45, 2.75) is 141 Å². The maximum absolute atomic E-state index is 14.5. The van der Waals surface area contributed by atoms with Crippen LogP contribution in [0.3, 0.4) is 0 Å². The van der Waals surface area contributed by atoms with Crippen molar-refractivity contribution in [3.8, 4) is 22.3 Å². The highest BCUT2D eigenvalue weighted by Crippen LogP contribution is 2.33. The van der Waals surface area contributed by atoms with Crippen LogP contribution in [0.25, 0.3) is 44.1 Å². The number of aryl methyl sites for hydroxylation is 6. The number of nitrogens with one attached hydrogen (secondary N) is 1. The van der Waals surface area contributed by atoms with E-state index in [2.05, 4.69) is 59.8 Å². The summed E-state index contributed by atoms with van der Waals surface area (Å²) in [5, 5.41) is 13.5. The van der Waals surface area contributed by atoms with Crippen molar-refractivity contribution in [2.75, 3.05) is 13.1 Å². The molecule has 2 fully saturated rings. The molecule has 2 saturated heterocycles. The highest BCUT2D eigenvalue weighted by atomic mass is 35.5. The van der Waals surface area contributed by atoms with Gasteiger partial charge in [0.15, 0.2) is 11.6 Å². The van der Waals surface area contributed by atoms with Gasteiger partial charge in [-0.2, -0.15) is 13.5 Å². The van der Waals surface area contributed by atoms with Crippen LogP contribution in [0, 0.1) is 13.8 Å². The van der Waals surface area contributed by atoms with Gasteiger partial charge in [0.1, 0.15) is 25.4 Å². The quantitative estimate of drug-likeness (QED) is 0.0792. The molecule has 0 bridgehead atoms. The third-order valence-electron chi connectivity index (χ3n) is 16.5.